The van der Waals surface area contributed by atoms with Crippen molar-refractivity contribution in [2.45, 2.75) is 45.2 Å². The van der Waals surface area contributed by atoms with E-state index >= 15 is 0 Å². The van der Waals surface area contributed by atoms with Crippen LogP contribution in [0.25, 0.3) is 0 Å². The van der Waals surface area contributed by atoms with E-state index in [1.807, 2.05) is 19.1 Å². The van der Waals surface area contributed by atoms with Crippen molar-refractivity contribution in [3.8, 4) is 0 Å². The Balaban J connectivity index is 1.92. The van der Waals surface area contributed by atoms with Crippen molar-refractivity contribution in [2.75, 3.05) is 24.5 Å². The molecule has 2 N–H and O–H groups in total. The Labute approximate surface area is 132 Å². The number of aromatic nitrogens is 1. The second kappa shape index (κ2) is 5.89. The molecule has 2 saturated heterocycles. The van der Waals surface area contributed by atoms with Crippen molar-refractivity contribution >= 4 is 23.0 Å². The van der Waals surface area contributed by atoms with E-state index in [0.717, 1.165) is 30.2 Å². The Morgan fingerprint density at radius 3 is 2.90 bits per heavy atom. The van der Waals surface area contributed by atoms with Crippen molar-refractivity contribution < 1.29 is 0 Å². The molecule has 2 fully saturated rings. The summed E-state index contributed by atoms with van der Waals surface area (Å²) in [5.74, 6) is 0.972. The Morgan fingerprint density at radius 1 is 1.33 bits per heavy atom. The lowest BCUT2D eigenvalue weighted by Gasteiger charge is -2.48. The minimum Gasteiger partial charge on any atom is -0.389 e. The second-order valence-corrected chi connectivity index (χ2v) is 6.77. The van der Waals surface area contributed by atoms with Crippen molar-refractivity contribution in [1.29, 1.82) is 0 Å². The number of nitrogens with zero attached hydrogens (tertiary/aromatic N) is 3. The van der Waals surface area contributed by atoms with E-state index in [0.29, 0.717) is 17.1 Å². The molecule has 1 aromatic heterocycles. The Hall–Kier alpha value is -1.20. The molecule has 2 atom stereocenters. The third-order valence-electron chi connectivity index (χ3n) is 4.74. The van der Waals surface area contributed by atoms with E-state index in [4.69, 9.17) is 22.9 Å². The number of fused-ring (bicyclic) bond motifs is 1. The first-order valence-electron chi connectivity index (χ1n) is 7.84. The average molecular weight is 304 g/mol. The molecule has 2 unspecified atom stereocenters. The molecule has 4 nitrogen and oxygen atoms in total. The van der Waals surface area contributed by atoms with Crippen LogP contribution in [0.1, 0.15) is 37.4 Å². The molecule has 0 radical (unpaired) electrons. The minimum atomic E-state index is 0.441. The van der Waals surface area contributed by atoms with Gasteiger partial charge in [-0.3, -0.25) is 4.90 Å². The molecule has 0 amide bonds. The van der Waals surface area contributed by atoms with Crippen LogP contribution >= 0.6 is 12.2 Å². The third-order valence-corrected chi connectivity index (χ3v) is 4.96. The molecular formula is C16H24N4S. The summed E-state index contributed by atoms with van der Waals surface area (Å²) in [7, 11) is 0. The average Bonchev–Trinajstić information content (AvgIpc) is 2.46. The normalized spacial score (nSPS) is 26.5. The highest BCUT2D eigenvalue weighted by Crippen LogP contribution is 2.29. The van der Waals surface area contributed by atoms with Gasteiger partial charge in [-0.25, -0.2) is 4.98 Å². The Kier molecular flexibility index (Phi) is 4.13. The predicted molar refractivity (Wildman–Crippen MR) is 90.9 cm³/mol. The van der Waals surface area contributed by atoms with E-state index in [2.05, 4.69) is 16.7 Å². The van der Waals surface area contributed by atoms with Crippen molar-refractivity contribution in [3.05, 3.63) is 23.4 Å². The van der Waals surface area contributed by atoms with Gasteiger partial charge in [0.1, 0.15) is 10.8 Å². The number of piperidine rings is 1. The predicted octanol–water partition coefficient (Wildman–Crippen LogP) is 2.09. The zero-order chi connectivity index (χ0) is 15.0. The lowest BCUT2D eigenvalue weighted by Crippen LogP contribution is -2.59. The quantitative estimate of drug-likeness (QED) is 0.848. The second-order valence-electron chi connectivity index (χ2n) is 6.33. The van der Waals surface area contributed by atoms with Crippen LogP contribution in [-0.4, -0.2) is 46.6 Å². The molecule has 21 heavy (non-hydrogen) atoms. The van der Waals surface area contributed by atoms with Gasteiger partial charge in [-0.15, -0.1) is 0 Å². The SMILES string of the molecule is Cc1ccc(C(N)=S)c(N2CC3CCCCN3CC2C)n1. The van der Waals surface area contributed by atoms with Crippen molar-refractivity contribution in [3.63, 3.8) is 0 Å². The van der Waals surface area contributed by atoms with Gasteiger partial charge < -0.3 is 10.6 Å². The highest BCUT2D eigenvalue weighted by Gasteiger charge is 2.34. The molecule has 3 rings (SSSR count). The Bertz CT molecular complexity index is 545. The molecular weight excluding hydrogens is 280 g/mol. The molecule has 114 valence electrons. The summed E-state index contributed by atoms with van der Waals surface area (Å²) in [5, 5.41) is 0. The first-order valence-corrected chi connectivity index (χ1v) is 8.25. The number of hydrogen-bond donors (Lipinski definition) is 1. The van der Waals surface area contributed by atoms with Crippen LogP contribution in [0.2, 0.25) is 0 Å². The van der Waals surface area contributed by atoms with E-state index in [1.54, 1.807) is 0 Å². The standard InChI is InChI=1S/C16H24N4S/c1-11-6-7-14(15(17)21)16(18-11)20-10-13-5-3-4-8-19(13)9-12(20)2/h6-7,12-13H,3-5,8-10H2,1-2H3,(H2,17,21). The summed E-state index contributed by atoms with van der Waals surface area (Å²) < 4.78 is 0. The molecule has 5 heteroatoms. The van der Waals surface area contributed by atoms with E-state index in [9.17, 15) is 0 Å². The molecule has 0 aromatic carbocycles. The molecule has 2 aliphatic heterocycles. The fourth-order valence-electron chi connectivity index (χ4n) is 3.60. The zero-order valence-electron chi connectivity index (χ0n) is 12.9. The number of hydrogen-bond acceptors (Lipinski definition) is 4. The summed E-state index contributed by atoms with van der Waals surface area (Å²) >= 11 is 5.22. The number of thiocarbonyl (C=S) groups is 1. The molecule has 1 aromatic rings. The molecule has 0 aliphatic carbocycles. The first kappa shape index (κ1) is 14.7. The number of aryl methyl sites for hydroxylation is 1. The molecule has 0 bridgehead atoms. The van der Waals surface area contributed by atoms with Gasteiger partial charge in [-0.05, 0) is 45.4 Å². The van der Waals surface area contributed by atoms with Crippen LogP contribution in [0.4, 0.5) is 5.82 Å². The van der Waals surface area contributed by atoms with Gasteiger partial charge in [0, 0.05) is 30.9 Å². The summed E-state index contributed by atoms with van der Waals surface area (Å²) in [6.45, 7) is 7.68. The number of piperazine rings is 1. The molecule has 3 heterocycles. The van der Waals surface area contributed by atoms with Crippen LogP contribution in [0.5, 0.6) is 0 Å². The van der Waals surface area contributed by atoms with Crippen LogP contribution in [-0.2, 0) is 0 Å². The van der Waals surface area contributed by atoms with E-state index < -0.39 is 0 Å². The largest absolute Gasteiger partial charge is 0.389 e. The third kappa shape index (κ3) is 2.90. The highest BCUT2D eigenvalue weighted by molar-refractivity contribution is 7.80. The number of rotatable bonds is 2. The van der Waals surface area contributed by atoms with E-state index in [1.165, 1.54) is 25.8 Å². The highest BCUT2D eigenvalue weighted by atomic mass is 32.1. The topological polar surface area (TPSA) is 45.4 Å². The smallest absolute Gasteiger partial charge is 0.139 e. The van der Waals surface area contributed by atoms with Crippen molar-refractivity contribution in [2.24, 2.45) is 5.73 Å². The van der Waals surface area contributed by atoms with Gasteiger partial charge in [0.05, 0.1) is 5.56 Å². The molecule has 0 spiro atoms. The van der Waals surface area contributed by atoms with Gasteiger partial charge >= 0.3 is 0 Å². The lowest BCUT2D eigenvalue weighted by molar-refractivity contribution is 0.115. The molecule has 2 aliphatic rings. The van der Waals surface area contributed by atoms with Gasteiger partial charge in [0.25, 0.3) is 0 Å². The van der Waals surface area contributed by atoms with Crippen LogP contribution in [0.3, 0.4) is 0 Å². The summed E-state index contributed by atoms with van der Waals surface area (Å²) in [6, 6.07) is 5.10. The number of pyridine rings is 1. The minimum absolute atomic E-state index is 0.441. The molecule has 0 saturated carbocycles. The maximum absolute atomic E-state index is 5.90. The van der Waals surface area contributed by atoms with Crippen LogP contribution in [0, 0.1) is 6.92 Å². The van der Waals surface area contributed by atoms with Gasteiger partial charge in [0.15, 0.2) is 0 Å². The maximum atomic E-state index is 5.90. The van der Waals surface area contributed by atoms with Gasteiger partial charge in [-0.2, -0.15) is 0 Å². The van der Waals surface area contributed by atoms with E-state index in [-0.39, 0.29) is 0 Å². The Morgan fingerprint density at radius 2 is 2.14 bits per heavy atom. The first-order chi connectivity index (χ1) is 10.1. The summed E-state index contributed by atoms with van der Waals surface area (Å²) in [5.41, 5.74) is 7.83. The fourth-order valence-corrected chi connectivity index (χ4v) is 3.76. The van der Waals surface area contributed by atoms with Gasteiger partial charge in [0.2, 0.25) is 0 Å². The number of nitrogens with two attached hydrogens (primary N) is 1. The zero-order valence-corrected chi connectivity index (χ0v) is 13.7. The summed E-state index contributed by atoms with van der Waals surface area (Å²) in [4.78, 5) is 10.2. The maximum Gasteiger partial charge on any atom is 0.139 e. The van der Waals surface area contributed by atoms with Crippen molar-refractivity contribution in [1.82, 2.24) is 9.88 Å². The number of anilines is 1. The summed E-state index contributed by atoms with van der Waals surface area (Å²) in [6.07, 6.45) is 3.97. The fraction of sp³-hybridized carbons (Fsp3) is 0.625. The lowest BCUT2D eigenvalue weighted by atomic mass is 9.96. The van der Waals surface area contributed by atoms with Crippen LogP contribution < -0.4 is 10.6 Å². The van der Waals surface area contributed by atoms with Gasteiger partial charge in [-0.1, -0.05) is 18.6 Å². The monoisotopic (exact) mass is 304 g/mol. The van der Waals surface area contributed by atoms with Crippen LogP contribution in [0.15, 0.2) is 12.1 Å².